The van der Waals surface area contributed by atoms with Crippen LogP contribution < -0.4 is 20.5 Å². The van der Waals surface area contributed by atoms with Crippen molar-refractivity contribution in [3.05, 3.63) is 23.8 Å². The highest BCUT2D eigenvalue weighted by Gasteiger charge is 2.36. The fraction of sp³-hybridized carbons (Fsp3) is 0.632. The van der Waals surface area contributed by atoms with Crippen LogP contribution in [-0.2, 0) is 10.2 Å². The molecule has 1 unspecified atom stereocenters. The highest BCUT2D eigenvalue weighted by atomic mass is 127. The largest absolute Gasteiger partial charge is 0.486 e. The van der Waals surface area contributed by atoms with Gasteiger partial charge in [0.25, 0.3) is 0 Å². The molecule has 1 heterocycles. The molecule has 1 aliphatic carbocycles. The predicted molar refractivity (Wildman–Crippen MR) is 114 cm³/mol. The Morgan fingerprint density at radius 1 is 1.27 bits per heavy atom. The van der Waals surface area contributed by atoms with E-state index in [9.17, 15) is 0 Å². The Balaban J connectivity index is 0.00000243. The van der Waals surface area contributed by atoms with Crippen molar-refractivity contribution in [3.63, 3.8) is 0 Å². The molecule has 1 aromatic rings. The minimum atomic E-state index is 0. The fourth-order valence-electron chi connectivity index (χ4n) is 3.79. The summed E-state index contributed by atoms with van der Waals surface area (Å²) in [6, 6.07) is 6.45. The first kappa shape index (κ1) is 21.1. The summed E-state index contributed by atoms with van der Waals surface area (Å²) in [5.41, 5.74) is 7.38. The second-order valence-corrected chi connectivity index (χ2v) is 7.05. The number of nitrogens with two attached hydrogens (primary N) is 1. The summed E-state index contributed by atoms with van der Waals surface area (Å²) in [5, 5.41) is 3.18. The van der Waals surface area contributed by atoms with E-state index in [-0.39, 0.29) is 35.4 Å². The van der Waals surface area contributed by atoms with E-state index in [0.29, 0.717) is 32.3 Å². The van der Waals surface area contributed by atoms with Crippen LogP contribution in [0.4, 0.5) is 0 Å². The Morgan fingerprint density at radius 3 is 2.65 bits per heavy atom. The highest BCUT2D eigenvalue weighted by Crippen LogP contribution is 2.44. The van der Waals surface area contributed by atoms with E-state index in [0.717, 1.165) is 24.3 Å². The zero-order valence-corrected chi connectivity index (χ0v) is 18.0. The van der Waals surface area contributed by atoms with Crippen LogP contribution in [-0.4, -0.2) is 45.5 Å². The number of rotatable bonds is 6. The van der Waals surface area contributed by atoms with Gasteiger partial charge in [-0.1, -0.05) is 18.9 Å². The van der Waals surface area contributed by atoms with Crippen molar-refractivity contribution in [2.24, 2.45) is 10.7 Å². The maximum Gasteiger partial charge on any atom is 0.188 e. The maximum absolute atomic E-state index is 6.07. The van der Waals surface area contributed by atoms with Gasteiger partial charge in [-0.3, -0.25) is 4.99 Å². The summed E-state index contributed by atoms with van der Waals surface area (Å²) >= 11 is 0. The van der Waals surface area contributed by atoms with Crippen LogP contribution in [0.3, 0.4) is 0 Å². The van der Waals surface area contributed by atoms with Crippen LogP contribution in [0.25, 0.3) is 0 Å². The van der Waals surface area contributed by atoms with E-state index in [1.165, 1.54) is 18.4 Å². The number of halogens is 1. The zero-order valence-electron chi connectivity index (χ0n) is 15.6. The fourth-order valence-corrected chi connectivity index (χ4v) is 3.79. The number of guanidine groups is 1. The third kappa shape index (κ3) is 4.94. The monoisotopic (exact) mass is 475 g/mol. The molecule has 0 aromatic heterocycles. The van der Waals surface area contributed by atoms with Crippen molar-refractivity contribution in [1.82, 2.24) is 5.32 Å². The second-order valence-electron chi connectivity index (χ2n) is 7.05. The molecule has 0 radical (unpaired) electrons. The number of nitrogens with zero attached hydrogens (tertiary/aromatic N) is 1. The van der Waals surface area contributed by atoms with Gasteiger partial charge in [-0.25, -0.2) is 0 Å². The van der Waals surface area contributed by atoms with Crippen LogP contribution in [0.1, 0.15) is 38.2 Å². The van der Waals surface area contributed by atoms with Gasteiger partial charge in [-0.2, -0.15) is 0 Å². The molecule has 1 atom stereocenters. The van der Waals surface area contributed by atoms with E-state index in [2.05, 4.69) is 22.4 Å². The molecule has 1 aromatic carbocycles. The molecule has 1 fully saturated rings. The molecule has 146 valence electrons. The molecule has 3 rings (SSSR count). The Hall–Kier alpha value is -1.22. The Bertz CT molecular complexity index is 618. The minimum Gasteiger partial charge on any atom is -0.486 e. The van der Waals surface area contributed by atoms with E-state index in [1.807, 2.05) is 13.0 Å². The number of hydrogen-bond acceptors (Lipinski definition) is 4. The van der Waals surface area contributed by atoms with Crippen LogP contribution in [0.2, 0.25) is 0 Å². The standard InChI is InChI=1S/C19H29N3O3.HI/c1-14(12-23-2)22-18(20)21-13-19(7-3-4-8-19)15-5-6-16-17(11-15)25-10-9-24-16;/h5-6,11,14H,3-4,7-10,12-13H2,1-2H3,(H3,20,21,22);1H. The summed E-state index contributed by atoms with van der Waals surface area (Å²) in [6.07, 6.45) is 4.68. The average molecular weight is 475 g/mol. The number of fused-ring (bicyclic) bond motifs is 1. The van der Waals surface area contributed by atoms with E-state index in [1.54, 1.807) is 7.11 Å². The topological polar surface area (TPSA) is 78.1 Å². The van der Waals surface area contributed by atoms with Gasteiger partial charge in [0.2, 0.25) is 0 Å². The van der Waals surface area contributed by atoms with Crippen molar-refractivity contribution in [1.29, 1.82) is 0 Å². The molecular formula is C19H30IN3O3. The first-order valence-electron chi connectivity index (χ1n) is 9.08. The average Bonchev–Trinajstić information content (AvgIpc) is 3.10. The number of hydrogen-bond donors (Lipinski definition) is 2. The van der Waals surface area contributed by atoms with Crippen molar-refractivity contribution in [3.8, 4) is 11.5 Å². The lowest BCUT2D eigenvalue weighted by Gasteiger charge is -2.30. The first-order chi connectivity index (χ1) is 12.1. The number of methoxy groups -OCH3 is 1. The molecule has 0 saturated heterocycles. The Kier molecular flexibility index (Phi) is 7.82. The van der Waals surface area contributed by atoms with Gasteiger partial charge < -0.3 is 25.3 Å². The molecule has 3 N–H and O–H groups in total. The normalized spacial score (nSPS) is 19.5. The lowest BCUT2D eigenvalue weighted by molar-refractivity contribution is 0.171. The zero-order chi connectivity index (χ0) is 17.7. The lowest BCUT2D eigenvalue weighted by Crippen LogP contribution is -2.41. The van der Waals surface area contributed by atoms with Gasteiger partial charge in [-0.15, -0.1) is 24.0 Å². The number of ether oxygens (including phenoxy) is 3. The summed E-state index contributed by atoms with van der Waals surface area (Å²) in [7, 11) is 1.68. The van der Waals surface area contributed by atoms with E-state index >= 15 is 0 Å². The lowest BCUT2D eigenvalue weighted by atomic mass is 9.79. The van der Waals surface area contributed by atoms with E-state index in [4.69, 9.17) is 19.9 Å². The summed E-state index contributed by atoms with van der Waals surface area (Å²) in [5.74, 6) is 2.16. The molecule has 6 nitrogen and oxygen atoms in total. The van der Waals surface area contributed by atoms with Crippen molar-refractivity contribution >= 4 is 29.9 Å². The second kappa shape index (κ2) is 9.64. The first-order valence-corrected chi connectivity index (χ1v) is 9.08. The molecule has 1 saturated carbocycles. The van der Waals surface area contributed by atoms with Crippen molar-refractivity contribution in [2.75, 3.05) is 33.5 Å². The maximum atomic E-state index is 6.07. The minimum absolute atomic E-state index is 0. The smallest absolute Gasteiger partial charge is 0.188 e. The molecule has 0 bridgehead atoms. The van der Waals surface area contributed by atoms with Crippen LogP contribution >= 0.6 is 24.0 Å². The van der Waals surface area contributed by atoms with Crippen LogP contribution in [0.5, 0.6) is 11.5 Å². The Morgan fingerprint density at radius 2 is 1.96 bits per heavy atom. The quantitative estimate of drug-likeness (QED) is 0.376. The van der Waals surface area contributed by atoms with Crippen LogP contribution in [0, 0.1) is 0 Å². The summed E-state index contributed by atoms with van der Waals surface area (Å²) < 4.78 is 16.5. The van der Waals surface area contributed by atoms with Gasteiger partial charge >= 0.3 is 0 Å². The number of nitrogens with one attached hydrogen (secondary N) is 1. The molecule has 26 heavy (non-hydrogen) atoms. The third-order valence-corrected chi connectivity index (χ3v) is 5.08. The van der Waals surface area contributed by atoms with Crippen molar-refractivity contribution < 1.29 is 14.2 Å². The third-order valence-electron chi connectivity index (χ3n) is 5.08. The van der Waals surface area contributed by atoms with Gasteiger partial charge in [0.05, 0.1) is 13.2 Å². The number of benzene rings is 1. The molecular weight excluding hydrogens is 445 g/mol. The van der Waals surface area contributed by atoms with E-state index < -0.39 is 0 Å². The van der Waals surface area contributed by atoms with Gasteiger partial charge in [-0.05, 0) is 37.5 Å². The molecule has 7 heteroatoms. The Labute approximate surface area is 172 Å². The predicted octanol–water partition coefficient (Wildman–Crippen LogP) is 2.83. The van der Waals surface area contributed by atoms with Crippen LogP contribution in [0.15, 0.2) is 23.2 Å². The molecule has 0 spiro atoms. The summed E-state index contributed by atoms with van der Waals surface area (Å²) in [4.78, 5) is 4.64. The molecule has 2 aliphatic rings. The van der Waals surface area contributed by atoms with Crippen molar-refractivity contribution in [2.45, 2.75) is 44.1 Å². The SMILES string of the molecule is COCC(C)NC(N)=NCC1(c2ccc3c(c2)OCCO3)CCCC1.I. The van der Waals surface area contributed by atoms with Gasteiger partial charge in [0, 0.05) is 18.6 Å². The molecule has 0 amide bonds. The summed E-state index contributed by atoms with van der Waals surface area (Å²) in [6.45, 7) is 4.53. The van der Waals surface area contributed by atoms with Gasteiger partial charge in [0.1, 0.15) is 13.2 Å². The molecule has 1 aliphatic heterocycles. The highest BCUT2D eigenvalue weighted by molar-refractivity contribution is 14.0. The number of aliphatic imine (C=N–C) groups is 1. The van der Waals surface area contributed by atoms with Gasteiger partial charge in [0.15, 0.2) is 17.5 Å².